The quantitative estimate of drug-likeness (QED) is 0.113. The molecular formula is C37H38N8O6. The number of anilines is 2. The predicted molar refractivity (Wildman–Crippen MR) is 187 cm³/mol. The molecule has 14 heteroatoms. The van der Waals surface area contributed by atoms with Crippen LogP contribution in [0, 0.1) is 0 Å². The van der Waals surface area contributed by atoms with Crippen LogP contribution in [0.2, 0.25) is 0 Å². The van der Waals surface area contributed by atoms with E-state index in [1.807, 2.05) is 73.7 Å². The van der Waals surface area contributed by atoms with Crippen LogP contribution in [0.5, 0.6) is 0 Å². The van der Waals surface area contributed by atoms with Crippen molar-refractivity contribution < 1.29 is 29.0 Å². The van der Waals surface area contributed by atoms with E-state index in [1.165, 1.54) is 6.33 Å². The molecule has 0 bridgehead atoms. The second-order valence-corrected chi connectivity index (χ2v) is 12.2. The lowest BCUT2D eigenvalue weighted by molar-refractivity contribution is -0.142. The average molecular weight is 691 g/mol. The van der Waals surface area contributed by atoms with Crippen LogP contribution < -0.4 is 10.6 Å². The van der Waals surface area contributed by atoms with Crippen molar-refractivity contribution in [2.75, 3.05) is 23.8 Å². The molecule has 7 rings (SSSR count). The van der Waals surface area contributed by atoms with E-state index in [1.54, 1.807) is 4.57 Å². The number of ether oxygens (including phenoxy) is 2. The Morgan fingerprint density at radius 2 is 1.65 bits per heavy atom. The number of nitrogens with one attached hydrogen (secondary N) is 2. The largest absolute Gasteiger partial charge is 0.457 e. The number of hydrogen-bond acceptors (Lipinski definition) is 13. The number of carbonyl (C=O) groups excluding carboxylic acids is 1. The summed E-state index contributed by atoms with van der Waals surface area (Å²) >= 11 is 0. The number of aliphatic hydroxyl groups is 2. The molecule has 0 radical (unpaired) electrons. The third-order valence-corrected chi connectivity index (χ3v) is 8.92. The first kappa shape index (κ1) is 33.8. The number of rotatable bonds is 15. The van der Waals surface area contributed by atoms with Crippen molar-refractivity contribution in [3.63, 3.8) is 0 Å². The monoisotopic (exact) mass is 690 g/mol. The van der Waals surface area contributed by atoms with Crippen molar-refractivity contribution in [2.24, 2.45) is 0 Å². The number of carbonyl (C=O) groups is 1. The molecule has 1 aliphatic rings. The maximum atomic E-state index is 11.6. The maximum Gasteiger partial charge on any atom is 0.293 e. The molecule has 0 unspecified atom stereocenters. The molecule has 1 aliphatic heterocycles. The summed E-state index contributed by atoms with van der Waals surface area (Å²) in [6.45, 7) is 2.41. The lowest BCUT2D eigenvalue weighted by Crippen LogP contribution is -2.32. The molecular weight excluding hydrogens is 652 g/mol. The number of benzene rings is 3. The molecule has 51 heavy (non-hydrogen) atoms. The third-order valence-electron chi connectivity index (χ3n) is 8.92. The topological polar surface area (TPSA) is 183 Å². The van der Waals surface area contributed by atoms with Crippen LogP contribution in [0.15, 0.2) is 102 Å². The van der Waals surface area contributed by atoms with Crippen molar-refractivity contribution in [1.82, 2.24) is 29.7 Å². The van der Waals surface area contributed by atoms with Gasteiger partial charge < -0.3 is 34.8 Å². The van der Waals surface area contributed by atoms with E-state index >= 15 is 0 Å². The lowest BCUT2D eigenvalue weighted by Gasteiger charge is -2.22. The van der Waals surface area contributed by atoms with Gasteiger partial charge in [0.05, 0.1) is 19.0 Å². The second kappa shape index (κ2) is 15.5. The Morgan fingerprint density at radius 1 is 0.961 bits per heavy atom. The molecule has 14 nitrogen and oxygen atoms in total. The lowest BCUT2D eigenvalue weighted by atomic mass is 9.91. The first-order valence-electron chi connectivity index (χ1n) is 16.8. The minimum Gasteiger partial charge on any atom is -0.457 e. The Bertz CT molecular complexity index is 1990. The average Bonchev–Trinajstić information content (AvgIpc) is 3.90. The fourth-order valence-electron chi connectivity index (χ4n) is 6.36. The molecule has 3 aromatic carbocycles. The van der Waals surface area contributed by atoms with Crippen LogP contribution in [-0.2, 0) is 27.1 Å². The number of aliphatic hydroxyl groups excluding tert-OH is 2. The fraction of sp³-hybridized carbons (Fsp3) is 0.297. The van der Waals surface area contributed by atoms with Crippen LogP contribution in [0.1, 0.15) is 53.6 Å². The summed E-state index contributed by atoms with van der Waals surface area (Å²) in [5, 5.41) is 32.4. The van der Waals surface area contributed by atoms with Crippen LogP contribution in [0.3, 0.4) is 0 Å². The summed E-state index contributed by atoms with van der Waals surface area (Å²) in [5.74, 6) is 1.14. The number of aromatic nitrogens is 6. The predicted octanol–water partition coefficient (Wildman–Crippen LogP) is 4.20. The molecule has 6 aromatic rings. The Kier molecular flexibility index (Phi) is 10.2. The summed E-state index contributed by atoms with van der Waals surface area (Å²) in [7, 11) is 0. The molecule has 0 saturated carbocycles. The summed E-state index contributed by atoms with van der Waals surface area (Å²) in [4.78, 5) is 30.3. The van der Waals surface area contributed by atoms with Gasteiger partial charge >= 0.3 is 0 Å². The van der Waals surface area contributed by atoms with E-state index in [2.05, 4.69) is 50.0 Å². The highest BCUT2D eigenvalue weighted by atomic mass is 16.6. The van der Waals surface area contributed by atoms with Crippen LogP contribution in [0.25, 0.3) is 11.2 Å². The van der Waals surface area contributed by atoms with Crippen LogP contribution in [0.4, 0.5) is 11.8 Å². The Labute approximate surface area is 293 Å². The molecule has 1 saturated heterocycles. The zero-order chi connectivity index (χ0) is 35.2. The molecule has 0 aliphatic carbocycles. The van der Waals surface area contributed by atoms with Crippen LogP contribution >= 0.6 is 0 Å². The second-order valence-electron chi connectivity index (χ2n) is 12.2. The van der Waals surface area contributed by atoms with Gasteiger partial charge in [0.1, 0.15) is 6.10 Å². The van der Waals surface area contributed by atoms with E-state index in [-0.39, 0.29) is 30.8 Å². The molecule has 1 fully saturated rings. The molecule has 4 N–H and O–H groups in total. The first-order chi connectivity index (χ1) is 25.1. The van der Waals surface area contributed by atoms with Gasteiger partial charge in [0, 0.05) is 18.9 Å². The Hall–Kier alpha value is -5.70. The summed E-state index contributed by atoms with van der Waals surface area (Å²) in [6, 6.07) is 29.8. The molecule has 4 heterocycles. The van der Waals surface area contributed by atoms with Gasteiger partial charge in [0.15, 0.2) is 35.4 Å². The van der Waals surface area contributed by atoms with E-state index < -0.39 is 30.6 Å². The number of nitrogens with zero attached hydrogens (tertiary/aromatic N) is 6. The fourth-order valence-corrected chi connectivity index (χ4v) is 6.36. The van der Waals surface area contributed by atoms with Crippen molar-refractivity contribution in [2.45, 2.75) is 56.3 Å². The van der Waals surface area contributed by atoms with Crippen LogP contribution in [-0.4, -0.2) is 77.7 Å². The highest BCUT2D eigenvalue weighted by Crippen LogP contribution is 2.41. The zero-order valence-electron chi connectivity index (χ0n) is 27.8. The number of imidazole rings is 1. The van der Waals surface area contributed by atoms with Gasteiger partial charge in [-0.2, -0.15) is 15.0 Å². The Balaban J connectivity index is 1.27. The SMILES string of the molecule is CCc1nc([C@H]2O[C@@H](n3cnc4c(NCC(c5ccccc5)c5ccccc5)nc(N[C@H](CO)Cc5ccccc5)nc43)[C@H](OC=O)[C@@H]2O)no1. The molecule has 262 valence electrons. The summed E-state index contributed by atoms with van der Waals surface area (Å²) in [5.41, 5.74) is 4.03. The van der Waals surface area contributed by atoms with Crippen molar-refractivity contribution >= 4 is 29.4 Å². The minimum absolute atomic E-state index is 0.0263. The highest BCUT2D eigenvalue weighted by Gasteiger charge is 2.49. The molecule has 3 aromatic heterocycles. The van der Waals surface area contributed by atoms with Gasteiger partial charge in [-0.3, -0.25) is 9.36 Å². The minimum atomic E-state index is -1.32. The zero-order valence-corrected chi connectivity index (χ0v) is 27.8. The number of aryl methyl sites for hydroxylation is 1. The number of fused-ring (bicyclic) bond motifs is 1. The van der Waals surface area contributed by atoms with E-state index in [0.29, 0.717) is 42.3 Å². The van der Waals surface area contributed by atoms with Gasteiger partial charge in [-0.05, 0) is 23.1 Å². The standard InChI is InChI=1S/C37H38N8O6/c1-2-28-41-34(44-51-28)31-30(48)32(49-22-47)36(50-31)45-21-39-29-33(38-19-27(24-14-8-4-9-15-24)25-16-10-5-11-17-25)42-37(43-35(29)45)40-26(20-46)18-23-12-6-3-7-13-23/h3-17,21-22,26-27,30-32,36,46,48H,2,18-20H2,1H3,(H2,38,40,42,43)/t26-,30+,31-,32+,36+/m0/s1. The van der Waals surface area contributed by atoms with Gasteiger partial charge in [-0.25, -0.2) is 4.98 Å². The number of hydrogen-bond donors (Lipinski definition) is 4. The highest BCUT2D eigenvalue weighted by molar-refractivity contribution is 5.84. The maximum absolute atomic E-state index is 11.6. The van der Waals surface area contributed by atoms with Crippen molar-refractivity contribution in [3.8, 4) is 0 Å². The van der Waals surface area contributed by atoms with E-state index in [0.717, 1.165) is 16.7 Å². The van der Waals surface area contributed by atoms with Gasteiger partial charge in [-0.15, -0.1) is 0 Å². The summed E-state index contributed by atoms with van der Waals surface area (Å²) in [6.07, 6.45) is -2.07. The normalized spacial score (nSPS) is 19.3. The smallest absolute Gasteiger partial charge is 0.293 e. The van der Waals surface area contributed by atoms with E-state index in [9.17, 15) is 15.0 Å². The first-order valence-corrected chi connectivity index (χ1v) is 16.8. The van der Waals surface area contributed by atoms with Gasteiger partial charge in [0.2, 0.25) is 17.7 Å². The Morgan fingerprint density at radius 3 is 2.27 bits per heavy atom. The molecule has 0 amide bonds. The van der Waals surface area contributed by atoms with Gasteiger partial charge in [-0.1, -0.05) is 103 Å². The van der Waals surface area contributed by atoms with E-state index in [4.69, 9.17) is 24.0 Å². The van der Waals surface area contributed by atoms with Gasteiger partial charge in [0.25, 0.3) is 6.47 Å². The van der Waals surface area contributed by atoms with Crippen molar-refractivity contribution in [3.05, 3.63) is 126 Å². The molecule has 0 spiro atoms. The van der Waals surface area contributed by atoms with Crippen molar-refractivity contribution in [1.29, 1.82) is 0 Å². The summed E-state index contributed by atoms with van der Waals surface area (Å²) < 4.78 is 18.5. The molecule has 5 atom stereocenters. The third kappa shape index (κ3) is 7.29.